The van der Waals surface area contributed by atoms with Crippen LogP contribution in [0.4, 0.5) is 0 Å². The molecule has 2 amide bonds. The van der Waals surface area contributed by atoms with Crippen LogP contribution in [0.15, 0.2) is 24.3 Å². The van der Waals surface area contributed by atoms with Crippen molar-refractivity contribution >= 4 is 11.8 Å². The lowest BCUT2D eigenvalue weighted by Gasteiger charge is -2.39. The second kappa shape index (κ2) is 8.00. The summed E-state index contributed by atoms with van der Waals surface area (Å²) in [7, 11) is 0. The highest BCUT2D eigenvalue weighted by molar-refractivity contribution is 5.83. The zero-order chi connectivity index (χ0) is 17.8. The second-order valence-corrected chi connectivity index (χ2v) is 7.47. The summed E-state index contributed by atoms with van der Waals surface area (Å²) in [6, 6.07) is 8.50. The number of nitrogens with two attached hydrogens (primary N) is 1. The maximum atomic E-state index is 13.1. The van der Waals surface area contributed by atoms with Gasteiger partial charge in [0, 0.05) is 25.6 Å². The Morgan fingerprint density at radius 1 is 1.12 bits per heavy atom. The van der Waals surface area contributed by atoms with Gasteiger partial charge in [0.2, 0.25) is 11.8 Å². The van der Waals surface area contributed by atoms with E-state index < -0.39 is 0 Å². The van der Waals surface area contributed by atoms with Crippen LogP contribution in [0.3, 0.4) is 0 Å². The van der Waals surface area contributed by atoms with Gasteiger partial charge in [0.25, 0.3) is 0 Å². The molecule has 0 aromatic heterocycles. The van der Waals surface area contributed by atoms with Gasteiger partial charge >= 0.3 is 0 Å². The van der Waals surface area contributed by atoms with E-state index in [-0.39, 0.29) is 23.8 Å². The third kappa shape index (κ3) is 4.40. The number of hydrogen-bond donors (Lipinski definition) is 1. The first kappa shape index (κ1) is 17.9. The van der Waals surface area contributed by atoms with Crippen LogP contribution in [0.2, 0.25) is 0 Å². The lowest BCUT2D eigenvalue weighted by Crippen LogP contribution is -2.52. The molecule has 2 fully saturated rings. The first-order chi connectivity index (χ1) is 12.0. The van der Waals surface area contributed by atoms with E-state index in [4.69, 9.17) is 5.73 Å². The Morgan fingerprint density at radius 3 is 2.56 bits per heavy atom. The van der Waals surface area contributed by atoms with Crippen molar-refractivity contribution in [3.8, 4) is 0 Å². The molecule has 0 saturated carbocycles. The summed E-state index contributed by atoms with van der Waals surface area (Å²) in [6.07, 6.45) is 4.59. The van der Waals surface area contributed by atoms with Crippen LogP contribution in [0, 0.1) is 12.8 Å². The van der Waals surface area contributed by atoms with E-state index >= 15 is 0 Å². The minimum absolute atomic E-state index is 0.0283. The molecule has 5 nitrogen and oxygen atoms in total. The fourth-order valence-electron chi connectivity index (χ4n) is 4.10. The van der Waals surface area contributed by atoms with Gasteiger partial charge < -0.3 is 10.6 Å². The fourth-order valence-corrected chi connectivity index (χ4v) is 4.10. The number of amides is 2. The predicted molar refractivity (Wildman–Crippen MR) is 97.7 cm³/mol. The van der Waals surface area contributed by atoms with Crippen LogP contribution in [-0.4, -0.2) is 47.3 Å². The SMILES string of the molecule is Cc1cccc(CN2CCCC[C@H]2C(=O)N2CCC(C(N)=O)CC2)c1. The standard InChI is InChI=1S/C20H29N3O2/c1-15-5-4-6-16(13-15)14-23-10-3-2-7-18(23)20(25)22-11-8-17(9-12-22)19(21)24/h4-6,13,17-18H,2-3,7-12,14H2,1H3,(H2,21,24)/t18-/m0/s1. The quantitative estimate of drug-likeness (QED) is 0.910. The molecule has 136 valence electrons. The zero-order valence-electron chi connectivity index (χ0n) is 15.1. The summed E-state index contributed by atoms with van der Waals surface area (Å²) in [4.78, 5) is 28.7. The number of primary amides is 1. The number of rotatable bonds is 4. The van der Waals surface area contributed by atoms with Crippen LogP contribution in [0.1, 0.15) is 43.2 Å². The minimum Gasteiger partial charge on any atom is -0.369 e. The third-order valence-corrected chi connectivity index (χ3v) is 5.58. The van der Waals surface area contributed by atoms with Gasteiger partial charge in [0.15, 0.2) is 0 Å². The number of hydrogen-bond acceptors (Lipinski definition) is 3. The highest BCUT2D eigenvalue weighted by atomic mass is 16.2. The van der Waals surface area contributed by atoms with Crippen molar-refractivity contribution in [2.75, 3.05) is 19.6 Å². The average molecular weight is 343 g/mol. The first-order valence-electron chi connectivity index (χ1n) is 9.42. The van der Waals surface area contributed by atoms with Crippen molar-refractivity contribution in [1.29, 1.82) is 0 Å². The van der Waals surface area contributed by atoms with Gasteiger partial charge in [-0.2, -0.15) is 0 Å². The molecule has 3 rings (SSSR count). The van der Waals surface area contributed by atoms with Gasteiger partial charge in [-0.25, -0.2) is 0 Å². The predicted octanol–water partition coefficient (Wildman–Crippen LogP) is 2.07. The van der Waals surface area contributed by atoms with Crippen LogP contribution in [0.25, 0.3) is 0 Å². The van der Waals surface area contributed by atoms with Crippen LogP contribution in [0.5, 0.6) is 0 Å². The molecular formula is C20H29N3O2. The van der Waals surface area contributed by atoms with Gasteiger partial charge in [-0.3, -0.25) is 14.5 Å². The van der Waals surface area contributed by atoms with E-state index in [2.05, 4.69) is 36.1 Å². The van der Waals surface area contributed by atoms with E-state index in [1.807, 2.05) is 4.90 Å². The number of carbonyl (C=O) groups excluding carboxylic acids is 2. The van der Waals surface area contributed by atoms with E-state index in [0.29, 0.717) is 25.9 Å². The van der Waals surface area contributed by atoms with Crippen molar-refractivity contribution < 1.29 is 9.59 Å². The molecular weight excluding hydrogens is 314 g/mol. The second-order valence-electron chi connectivity index (χ2n) is 7.47. The average Bonchev–Trinajstić information content (AvgIpc) is 2.62. The van der Waals surface area contributed by atoms with Crippen molar-refractivity contribution in [3.63, 3.8) is 0 Å². The van der Waals surface area contributed by atoms with Gasteiger partial charge in [-0.15, -0.1) is 0 Å². The van der Waals surface area contributed by atoms with Gasteiger partial charge in [0.1, 0.15) is 0 Å². The van der Waals surface area contributed by atoms with Gasteiger partial charge in [-0.1, -0.05) is 36.2 Å². The lowest BCUT2D eigenvalue weighted by molar-refractivity contribution is -0.141. The Bertz CT molecular complexity index is 623. The maximum Gasteiger partial charge on any atom is 0.239 e. The molecule has 2 aliphatic heterocycles. The van der Waals surface area contributed by atoms with Crippen molar-refractivity contribution in [2.45, 2.75) is 51.6 Å². The minimum atomic E-state index is -0.231. The van der Waals surface area contributed by atoms with E-state index in [1.165, 1.54) is 11.1 Å². The molecule has 2 aliphatic rings. The molecule has 1 aromatic carbocycles. The normalized spacial score (nSPS) is 22.8. The number of aryl methyl sites for hydroxylation is 1. The Hall–Kier alpha value is -1.88. The van der Waals surface area contributed by atoms with Crippen LogP contribution in [-0.2, 0) is 16.1 Å². The van der Waals surface area contributed by atoms with Crippen molar-refractivity contribution in [2.24, 2.45) is 11.7 Å². The van der Waals surface area contributed by atoms with Crippen LogP contribution >= 0.6 is 0 Å². The largest absolute Gasteiger partial charge is 0.369 e. The van der Waals surface area contributed by atoms with Crippen LogP contribution < -0.4 is 5.73 Å². The summed E-state index contributed by atoms with van der Waals surface area (Å²) in [5, 5.41) is 0. The third-order valence-electron chi connectivity index (χ3n) is 5.58. The summed E-state index contributed by atoms with van der Waals surface area (Å²) < 4.78 is 0. The molecule has 0 bridgehead atoms. The Kier molecular flexibility index (Phi) is 5.74. The van der Waals surface area contributed by atoms with E-state index in [9.17, 15) is 9.59 Å². The number of piperidine rings is 2. The Morgan fingerprint density at radius 2 is 1.88 bits per heavy atom. The number of nitrogens with zero attached hydrogens (tertiary/aromatic N) is 2. The molecule has 25 heavy (non-hydrogen) atoms. The lowest BCUT2D eigenvalue weighted by atomic mass is 9.94. The molecule has 0 unspecified atom stereocenters. The molecule has 2 N–H and O–H groups in total. The smallest absolute Gasteiger partial charge is 0.239 e. The van der Waals surface area contributed by atoms with E-state index in [0.717, 1.165) is 32.4 Å². The number of likely N-dealkylation sites (tertiary alicyclic amines) is 2. The molecule has 2 heterocycles. The summed E-state index contributed by atoms with van der Waals surface area (Å²) >= 11 is 0. The molecule has 1 aromatic rings. The molecule has 0 spiro atoms. The Labute approximate surface area is 150 Å². The summed E-state index contributed by atoms with van der Waals surface area (Å²) in [6.45, 7) is 5.21. The monoisotopic (exact) mass is 343 g/mol. The highest BCUT2D eigenvalue weighted by Gasteiger charge is 2.34. The fraction of sp³-hybridized carbons (Fsp3) is 0.600. The van der Waals surface area contributed by atoms with Gasteiger partial charge in [0.05, 0.1) is 6.04 Å². The molecule has 5 heteroatoms. The summed E-state index contributed by atoms with van der Waals surface area (Å²) in [5.41, 5.74) is 7.93. The van der Waals surface area contributed by atoms with E-state index in [1.54, 1.807) is 0 Å². The highest BCUT2D eigenvalue weighted by Crippen LogP contribution is 2.24. The Balaban J connectivity index is 1.64. The topological polar surface area (TPSA) is 66.6 Å². The molecule has 2 saturated heterocycles. The summed E-state index contributed by atoms with van der Waals surface area (Å²) in [5.74, 6) is -0.0695. The number of benzene rings is 1. The first-order valence-corrected chi connectivity index (χ1v) is 9.42. The molecule has 0 aliphatic carbocycles. The van der Waals surface area contributed by atoms with Crippen molar-refractivity contribution in [1.82, 2.24) is 9.80 Å². The maximum absolute atomic E-state index is 13.1. The molecule has 1 atom stereocenters. The number of carbonyl (C=O) groups is 2. The molecule has 0 radical (unpaired) electrons. The van der Waals surface area contributed by atoms with Crippen molar-refractivity contribution in [3.05, 3.63) is 35.4 Å². The van der Waals surface area contributed by atoms with Gasteiger partial charge in [-0.05, 0) is 44.7 Å². The zero-order valence-corrected chi connectivity index (χ0v) is 15.1.